The summed E-state index contributed by atoms with van der Waals surface area (Å²) in [5, 5.41) is 0. The van der Waals surface area contributed by atoms with Gasteiger partial charge in [-0.1, -0.05) is 164 Å². The molecule has 0 N–H and O–H groups in total. The molecule has 5 aromatic carbocycles. The summed E-state index contributed by atoms with van der Waals surface area (Å²) >= 11 is 0.00924. The van der Waals surface area contributed by atoms with Crippen molar-refractivity contribution in [2.45, 2.75) is 85.0 Å². The second kappa shape index (κ2) is 20.1. The molecular weight excluding hydrogens is 673 g/mol. The summed E-state index contributed by atoms with van der Waals surface area (Å²) in [4.78, 5) is 3.16. The number of para-hydroxylation sites is 1. The predicted molar refractivity (Wildman–Crippen MR) is 203 cm³/mol. The van der Waals surface area contributed by atoms with Crippen LogP contribution in [0.15, 0.2) is 108 Å². The zero-order chi connectivity index (χ0) is 38.4. The van der Waals surface area contributed by atoms with Gasteiger partial charge in [0.05, 0.1) is 19.2 Å². The number of ether oxygens (including phenoxy) is 1. The first-order chi connectivity index (χ1) is 24.0. The Labute approximate surface area is 306 Å². The Kier molecular flexibility index (Phi) is 16.9. The smallest absolute Gasteiger partial charge is 0.205 e. The van der Waals surface area contributed by atoms with Crippen molar-refractivity contribution in [3.05, 3.63) is 149 Å². The van der Waals surface area contributed by atoms with Gasteiger partial charge in [-0.3, -0.25) is 0 Å². The second-order valence-electron chi connectivity index (χ2n) is 13.4. The number of rotatable bonds is 6. The third-order valence-electron chi connectivity index (χ3n) is 7.39. The fraction of sp³-hybridized carbons (Fsp3) is 0.302. The summed E-state index contributed by atoms with van der Waals surface area (Å²) in [5.74, 6) is -7.81. The summed E-state index contributed by atoms with van der Waals surface area (Å²) in [6, 6.07) is 32.7. The summed E-state index contributed by atoms with van der Waals surface area (Å²) < 4.78 is 66.5. The fourth-order valence-corrected chi connectivity index (χ4v) is 4.91. The molecule has 0 amide bonds. The van der Waals surface area contributed by atoms with Gasteiger partial charge in [0.25, 0.3) is 0 Å². The summed E-state index contributed by atoms with van der Waals surface area (Å²) in [7, 11) is 1.08. The molecule has 274 valence electrons. The van der Waals surface area contributed by atoms with Crippen LogP contribution >= 0.6 is 12.0 Å². The minimum atomic E-state index is -1.68. The second-order valence-corrected chi connectivity index (χ2v) is 14.1. The maximum Gasteiger partial charge on any atom is 0.205 e. The Morgan fingerprint density at radius 2 is 0.941 bits per heavy atom. The molecular formula is C43H50F4O3S. The number of aryl methyl sites for hydroxylation is 2. The standard InChI is InChI=1S/C19H12F4O3S.2C11H16.C2H6/c1-24-26-27-19-16(22)14(20)18(15(21)17(19)23)25-13-10-6-5-9-12(13)11-7-3-2-4-8-11;2*1-9-5-7-10(8-6-9)11(2,3)4;1-2/h2-10H,1H3;2*5-8H,1-4H3;1-2H3. The quantitative estimate of drug-likeness (QED) is 0.0573. The van der Waals surface area contributed by atoms with Crippen molar-refractivity contribution >= 4 is 12.0 Å². The van der Waals surface area contributed by atoms with Crippen LogP contribution in [0.1, 0.15) is 77.6 Å². The van der Waals surface area contributed by atoms with E-state index in [1.165, 1.54) is 28.3 Å². The maximum absolute atomic E-state index is 14.3. The zero-order valence-electron chi connectivity index (χ0n) is 31.5. The van der Waals surface area contributed by atoms with E-state index in [0.29, 0.717) is 11.1 Å². The van der Waals surface area contributed by atoms with Gasteiger partial charge in [0.15, 0.2) is 11.6 Å². The van der Waals surface area contributed by atoms with Crippen molar-refractivity contribution < 1.29 is 31.5 Å². The monoisotopic (exact) mass is 722 g/mol. The van der Waals surface area contributed by atoms with Crippen molar-refractivity contribution in [2.24, 2.45) is 0 Å². The molecule has 0 aliphatic heterocycles. The topological polar surface area (TPSA) is 27.7 Å². The van der Waals surface area contributed by atoms with Crippen molar-refractivity contribution in [2.75, 3.05) is 7.11 Å². The van der Waals surface area contributed by atoms with Crippen molar-refractivity contribution in [3.63, 3.8) is 0 Å². The molecule has 3 nitrogen and oxygen atoms in total. The molecule has 0 aliphatic rings. The Morgan fingerprint density at radius 3 is 1.35 bits per heavy atom. The van der Waals surface area contributed by atoms with E-state index in [1.807, 2.05) is 13.8 Å². The number of hydrogen-bond donors (Lipinski definition) is 0. The van der Waals surface area contributed by atoms with E-state index < -0.39 is 33.9 Å². The number of halogens is 4. The van der Waals surface area contributed by atoms with E-state index in [2.05, 4.69) is 113 Å². The Balaban J connectivity index is 0.000000308. The molecule has 0 fully saturated rings. The molecule has 0 saturated heterocycles. The molecule has 0 aromatic heterocycles. The predicted octanol–water partition coefficient (Wildman–Crippen LogP) is 13.9. The van der Waals surface area contributed by atoms with E-state index >= 15 is 0 Å². The highest BCUT2D eigenvalue weighted by Crippen LogP contribution is 2.40. The van der Waals surface area contributed by atoms with Gasteiger partial charge < -0.3 is 4.74 Å². The van der Waals surface area contributed by atoms with E-state index in [-0.39, 0.29) is 28.6 Å². The molecule has 0 spiro atoms. The van der Waals surface area contributed by atoms with Crippen LogP contribution in [0.5, 0.6) is 11.5 Å². The van der Waals surface area contributed by atoms with Crippen LogP contribution in [-0.2, 0) is 20.1 Å². The molecule has 0 heterocycles. The minimum absolute atomic E-state index is 0.00924. The van der Waals surface area contributed by atoms with Crippen LogP contribution in [0.4, 0.5) is 17.6 Å². The molecule has 5 rings (SSSR count). The van der Waals surface area contributed by atoms with Gasteiger partial charge >= 0.3 is 0 Å². The van der Waals surface area contributed by atoms with Crippen LogP contribution < -0.4 is 4.74 Å². The van der Waals surface area contributed by atoms with Crippen LogP contribution in [0.3, 0.4) is 0 Å². The van der Waals surface area contributed by atoms with Gasteiger partial charge in [-0.2, -0.15) is 13.1 Å². The van der Waals surface area contributed by atoms with Crippen LogP contribution in [0.2, 0.25) is 0 Å². The number of hydrogen-bond acceptors (Lipinski definition) is 4. The highest BCUT2D eigenvalue weighted by Gasteiger charge is 2.29. The third-order valence-corrected chi connectivity index (χ3v) is 8.12. The van der Waals surface area contributed by atoms with E-state index in [0.717, 1.165) is 7.11 Å². The molecule has 0 saturated carbocycles. The fourth-order valence-electron chi connectivity index (χ4n) is 4.45. The summed E-state index contributed by atoms with van der Waals surface area (Å²) in [6.45, 7) is 21.6. The maximum atomic E-state index is 14.3. The normalized spacial score (nSPS) is 10.9. The highest BCUT2D eigenvalue weighted by atomic mass is 32.2. The first-order valence-corrected chi connectivity index (χ1v) is 17.5. The molecule has 8 heteroatoms. The lowest BCUT2D eigenvalue weighted by Crippen LogP contribution is -2.10. The molecule has 0 unspecified atom stereocenters. The SMILES string of the molecule is CC.COOSc1c(F)c(F)c(Oc2ccccc2-c2ccccc2)c(F)c1F.Cc1ccc(C(C)(C)C)cc1.Cc1ccc(C(C)(C)C)cc1. The van der Waals surface area contributed by atoms with E-state index in [9.17, 15) is 17.6 Å². The average Bonchev–Trinajstić information content (AvgIpc) is 3.11. The lowest BCUT2D eigenvalue weighted by atomic mass is 9.87. The van der Waals surface area contributed by atoms with Gasteiger partial charge in [-0.05, 0) is 47.4 Å². The summed E-state index contributed by atoms with van der Waals surface area (Å²) in [6.07, 6.45) is 0. The largest absolute Gasteiger partial charge is 0.450 e. The highest BCUT2D eigenvalue weighted by molar-refractivity contribution is 7.94. The van der Waals surface area contributed by atoms with Gasteiger partial charge in [-0.25, -0.2) is 13.7 Å². The van der Waals surface area contributed by atoms with Gasteiger partial charge in [0.1, 0.15) is 10.6 Å². The van der Waals surface area contributed by atoms with Crippen LogP contribution in [-0.4, -0.2) is 7.11 Å². The van der Waals surface area contributed by atoms with E-state index in [1.54, 1.807) is 48.5 Å². The Morgan fingerprint density at radius 1 is 0.529 bits per heavy atom. The van der Waals surface area contributed by atoms with Gasteiger partial charge in [0, 0.05) is 5.56 Å². The van der Waals surface area contributed by atoms with Crippen LogP contribution in [0, 0.1) is 37.1 Å². The molecule has 0 aliphatic carbocycles. The zero-order valence-corrected chi connectivity index (χ0v) is 32.3. The summed E-state index contributed by atoms with van der Waals surface area (Å²) in [5.41, 5.74) is 7.25. The minimum Gasteiger partial charge on any atom is -0.450 e. The average molecular weight is 723 g/mol. The Bertz CT molecular complexity index is 1690. The van der Waals surface area contributed by atoms with Gasteiger partial charge in [-0.15, -0.1) is 0 Å². The van der Waals surface area contributed by atoms with E-state index in [4.69, 9.17) is 4.74 Å². The van der Waals surface area contributed by atoms with Crippen molar-refractivity contribution in [3.8, 4) is 22.6 Å². The van der Waals surface area contributed by atoms with Gasteiger partial charge in [0.2, 0.25) is 17.4 Å². The molecule has 0 radical (unpaired) electrons. The molecule has 51 heavy (non-hydrogen) atoms. The molecule has 5 aromatic rings. The Hall–Kier alpha value is -4.11. The van der Waals surface area contributed by atoms with Crippen LogP contribution in [0.25, 0.3) is 11.1 Å². The first-order valence-electron chi connectivity index (χ1n) is 16.7. The molecule has 0 atom stereocenters. The van der Waals surface area contributed by atoms with Crippen molar-refractivity contribution in [1.82, 2.24) is 0 Å². The number of benzene rings is 5. The molecule has 0 bridgehead atoms. The lowest BCUT2D eigenvalue weighted by Gasteiger charge is -2.18. The van der Waals surface area contributed by atoms with Crippen molar-refractivity contribution in [1.29, 1.82) is 0 Å². The lowest BCUT2D eigenvalue weighted by molar-refractivity contribution is -0.160. The first kappa shape index (κ1) is 43.1. The third kappa shape index (κ3) is 12.9.